The summed E-state index contributed by atoms with van der Waals surface area (Å²) in [7, 11) is 1.56. The standard InChI is InChI=1S/C23H19FN2O3/c1-25(14-27)13-20-19-11-17(24)9-10-21(19)26(22(20)23(28)29)12-16-7-4-6-15-5-2-3-8-18(15)16/h2-11,14H,12-13H2,1H3,(H,28,29). The van der Waals surface area contributed by atoms with Gasteiger partial charge in [-0.25, -0.2) is 9.18 Å². The van der Waals surface area contributed by atoms with Crippen LogP contribution in [-0.2, 0) is 17.9 Å². The van der Waals surface area contributed by atoms with Gasteiger partial charge < -0.3 is 14.6 Å². The number of benzene rings is 3. The maximum atomic E-state index is 14.0. The molecule has 146 valence electrons. The molecule has 0 unspecified atom stereocenters. The van der Waals surface area contributed by atoms with E-state index in [1.54, 1.807) is 17.7 Å². The molecule has 0 radical (unpaired) electrons. The van der Waals surface area contributed by atoms with Gasteiger partial charge in [-0.15, -0.1) is 0 Å². The number of rotatable bonds is 6. The van der Waals surface area contributed by atoms with E-state index in [2.05, 4.69) is 0 Å². The van der Waals surface area contributed by atoms with E-state index in [4.69, 9.17) is 0 Å². The minimum Gasteiger partial charge on any atom is -0.477 e. The van der Waals surface area contributed by atoms with Crippen LogP contribution in [-0.4, -0.2) is 34.0 Å². The maximum Gasteiger partial charge on any atom is 0.352 e. The highest BCUT2D eigenvalue weighted by Gasteiger charge is 2.24. The molecule has 0 atom stereocenters. The molecule has 0 spiro atoms. The van der Waals surface area contributed by atoms with Crippen LogP contribution in [0.5, 0.6) is 0 Å². The molecule has 0 saturated heterocycles. The zero-order chi connectivity index (χ0) is 20.5. The third-order valence-corrected chi connectivity index (χ3v) is 5.13. The molecule has 0 fully saturated rings. The van der Waals surface area contributed by atoms with E-state index in [0.29, 0.717) is 29.4 Å². The molecule has 6 heteroatoms. The molecule has 1 heterocycles. The van der Waals surface area contributed by atoms with Crippen LogP contribution in [0.15, 0.2) is 60.7 Å². The largest absolute Gasteiger partial charge is 0.477 e. The Morgan fingerprint density at radius 1 is 1.10 bits per heavy atom. The van der Waals surface area contributed by atoms with Crippen LogP contribution in [0.4, 0.5) is 4.39 Å². The molecule has 4 rings (SSSR count). The number of hydrogen-bond donors (Lipinski definition) is 1. The third-order valence-electron chi connectivity index (χ3n) is 5.13. The van der Waals surface area contributed by atoms with Crippen LogP contribution in [0.1, 0.15) is 21.6 Å². The van der Waals surface area contributed by atoms with Gasteiger partial charge in [0.1, 0.15) is 11.5 Å². The predicted molar refractivity (Wildman–Crippen MR) is 109 cm³/mol. The molecule has 3 aromatic carbocycles. The number of aromatic carboxylic acids is 1. The van der Waals surface area contributed by atoms with E-state index in [-0.39, 0.29) is 12.2 Å². The highest BCUT2D eigenvalue weighted by Crippen LogP contribution is 2.30. The summed E-state index contributed by atoms with van der Waals surface area (Å²) in [5.74, 6) is -1.57. The summed E-state index contributed by atoms with van der Waals surface area (Å²) in [6, 6.07) is 18.0. The Hall–Kier alpha value is -3.67. The molecule has 0 aliphatic rings. The van der Waals surface area contributed by atoms with Crippen LogP contribution < -0.4 is 0 Å². The van der Waals surface area contributed by atoms with Gasteiger partial charge in [0.15, 0.2) is 0 Å². The first kappa shape index (κ1) is 18.7. The monoisotopic (exact) mass is 390 g/mol. The average molecular weight is 390 g/mol. The van der Waals surface area contributed by atoms with E-state index in [1.807, 2.05) is 42.5 Å². The second-order valence-corrected chi connectivity index (χ2v) is 7.04. The minimum atomic E-state index is -1.11. The van der Waals surface area contributed by atoms with Gasteiger partial charge in [-0.2, -0.15) is 0 Å². The van der Waals surface area contributed by atoms with Gasteiger partial charge in [0.25, 0.3) is 0 Å². The molecule has 0 aliphatic heterocycles. The first-order valence-electron chi connectivity index (χ1n) is 9.15. The lowest BCUT2D eigenvalue weighted by molar-refractivity contribution is -0.117. The van der Waals surface area contributed by atoms with Crippen molar-refractivity contribution in [1.82, 2.24) is 9.47 Å². The van der Waals surface area contributed by atoms with Gasteiger partial charge in [0, 0.05) is 36.6 Å². The van der Waals surface area contributed by atoms with E-state index in [9.17, 15) is 19.1 Å². The Kier molecular flexibility index (Phi) is 4.76. The van der Waals surface area contributed by atoms with E-state index < -0.39 is 11.8 Å². The number of amides is 1. The van der Waals surface area contributed by atoms with Gasteiger partial charge in [-0.3, -0.25) is 4.79 Å². The Morgan fingerprint density at radius 3 is 2.62 bits per heavy atom. The number of carbonyl (C=O) groups is 2. The quantitative estimate of drug-likeness (QED) is 0.500. The van der Waals surface area contributed by atoms with Crippen molar-refractivity contribution in [2.24, 2.45) is 0 Å². The van der Waals surface area contributed by atoms with E-state index in [1.165, 1.54) is 17.0 Å². The molecule has 4 aromatic rings. The number of nitrogens with zero attached hydrogens (tertiary/aromatic N) is 2. The van der Waals surface area contributed by atoms with Crippen molar-refractivity contribution in [2.45, 2.75) is 13.1 Å². The summed E-state index contributed by atoms with van der Waals surface area (Å²) in [6.07, 6.45) is 0.624. The first-order chi connectivity index (χ1) is 14.0. The zero-order valence-corrected chi connectivity index (χ0v) is 15.8. The molecule has 0 aliphatic carbocycles. The summed E-state index contributed by atoms with van der Waals surface area (Å²) in [5.41, 5.74) is 2.06. The molecule has 29 heavy (non-hydrogen) atoms. The fourth-order valence-corrected chi connectivity index (χ4v) is 3.85. The van der Waals surface area contributed by atoms with Crippen molar-refractivity contribution in [3.05, 3.63) is 83.3 Å². The molecule has 0 saturated carbocycles. The average Bonchev–Trinajstić information content (AvgIpc) is 3.00. The van der Waals surface area contributed by atoms with Crippen molar-refractivity contribution in [1.29, 1.82) is 0 Å². The first-order valence-corrected chi connectivity index (χ1v) is 9.15. The van der Waals surface area contributed by atoms with Crippen LogP contribution >= 0.6 is 0 Å². The zero-order valence-electron chi connectivity index (χ0n) is 15.8. The van der Waals surface area contributed by atoms with Crippen LogP contribution in [0.3, 0.4) is 0 Å². The summed E-state index contributed by atoms with van der Waals surface area (Å²) in [4.78, 5) is 24.7. The van der Waals surface area contributed by atoms with Crippen molar-refractivity contribution in [3.63, 3.8) is 0 Å². The van der Waals surface area contributed by atoms with E-state index in [0.717, 1.165) is 16.3 Å². The molecule has 0 bridgehead atoms. The molecule has 1 aromatic heterocycles. The minimum absolute atomic E-state index is 0.0623. The summed E-state index contributed by atoms with van der Waals surface area (Å²) < 4.78 is 15.7. The number of aromatic nitrogens is 1. The number of carboxylic acid groups (broad SMARTS) is 1. The van der Waals surface area contributed by atoms with Gasteiger partial charge in [-0.05, 0) is 34.5 Å². The lowest BCUT2D eigenvalue weighted by Gasteiger charge is -2.13. The Labute approximate surface area is 166 Å². The number of carbonyl (C=O) groups excluding carboxylic acids is 1. The molecule has 5 nitrogen and oxygen atoms in total. The van der Waals surface area contributed by atoms with Crippen molar-refractivity contribution < 1.29 is 19.1 Å². The summed E-state index contributed by atoms with van der Waals surface area (Å²) >= 11 is 0. The molecule has 1 N–H and O–H groups in total. The summed E-state index contributed by atoms with van der Waals surface area (Å²) in [5, 5.41) is 12.6. The lowest BCUT2D eigenvalue weighted by atomic mass is 10.0. The maximum absolute atomic E-state index is 14.0. The van der Waals surface area contributed by atoms with Crippen LogP contribution in [0, 0.1) is 5.82 Å². The Morgan fingerprint density at radius 2 is 1.86 bits per heavy atom. The van der Waals surface area contributed by atoms with Crippen molar-refractivity contribution in [3.8, 4) is 0 Å². The predicted octanol–water partition coefficient (Wildman–Crippen LogP) is 4.27. The van der Waals surface area contributed by atoms with Crippen molar-refractivity contribution >= 4 is 34.1 Å². The molecular formula is C23H19FN2O3. The highest BCUT2D eigenvalue weighted by atomic mass is 19.1. The van der Waals surface area contributed by atoms with Crippen molar-refractivity contribution in [2.75, 3.05) is 7.05 Å². The van der Waals surface area contributed by atoms with Crippen LogP contribution in [0.2, 0.25) is 0 Å². The number of halogens is 1. The van der Waals surface area contributed by atoms with Gasteiger partial charge in [-0.1, -0.05) is 42.5 Å². The lowest BCUT2D eigenvalue weighted by Crippen LogP contribution is -2.18. The Balaban J connectivity index is 1.97. The second-order valence-electron chi connectivity index (χ2n) is 7.04. The number of fused-ring (bicyclic) bond motifs is 2. The van der Waals surface area contributed by atoms with Gasteiger partial charge in [0.2, 0.25) is 6.41 Å². The van der Waals surface area contributed by atoms with Crippen LogP contribution in [0.25, 0.3) is 21.7 Å². The van der Waals surface area contributed by atoms with Gasteiger partial charge in [0.05, 0.1) is 0 Å². The number of carboxylic acids is 1. The highest BCUT2D eigenvalue weighted by molar-refractivity contribution is 5.98. The normalized spacial score (nSPS) is 11.1. The Bertz CT molecular complexity index is 1240. The second kappa shape index (κ2) is 7.39. The smallest absolute Gasteiger partial charge is 0.352 e. The molecule has 1 amide bonds. The SMILES string of the molecule is CN(C=O)Cc1c(C(=O)O)n(Cc2cccc3ccccc23)c2ccc(F)cc12. The topological polar surface area (TPSA) is 62.5 Å². The third kappa shape index (κ3) is 3.33. The molecular weight excluding hydrogens is 371 g/mol. The number of hydrogen-bond acceptors (Lipinski definition) is 2. The fraction of sp³-hybridized carbons (Fsp3) is 0.130. The summed E-state index contributed by atoms with van der Waals surface area (Å²) in [6.45, 7) is 0.392. The van der Waals surface area contributed by atoms with E-state index >= 15 is 0 Å². The fourth-order valence-electron chi connectivity index (χ4n) is 3.85. The van der Waals surface area contributed by atoms with Gasteiger partial charge >= 0.3 is 5.97 Å².